The third-order valence-electron chi connectivity index (χ3n) is 8.11. The van der Waals surface area contributed by atoms with Crippen LogP contribution in [0.1, 0.15) is 65.2 Å². The van der Waals surface area contributed by atoms with Crippen LogP contribution in [0.4, 0.5) is 0 Å². The molecule has 4 aliphatic carbocycles. The molecule has 0 aliphatic heterocycles. The Morgan fingerprint density at radius 2 is 2.04 bits per heavy atom. The summed E-state index contributed by atoms with van der Waals surface area (Å²) in [6.45, 7) is 3.80. The summed E-state index contributed by atoms with van der Waals surface area (Å²) in [6, 6.07) is 0. The second-order valence-electron chi connectivity index (χ2n) is 9.12. The highest BCUT2D eigenvalue weighted by Crippen LogP contribution is 2.64. The highest BCUT2D eigenvalue weighted by molar-refractivity contribution is 5.67. The van der Waals surface area contributed by atoms with Crippen LogP contribution in [0, 0.1) is 28.6 Å². The molecule has 138 valence electrons. The second-order valence-corrected chi connectivity index (χ2v) is 9.12. The lowest BCUT2D eigenvalue weighted by Crippen LogP contribution is -2.53. The van der Waals surface area contributed by atoms with Crippen molar-refractivity contribution in [2.45, 2.75) is 77.4 Å². The topological polar surface area (TPSA) is 63.6 Å². The lowest BCUT2D eigenvalue weighted by Gasteiger charge is -2.56. The van der Waals surface area contributed by atoms with Gasteiger partial charge in [0.25, 0.3) is 0 Å². The molecule has 0 saturated heterocycles. The predicted molar refractivity (Wildman–Crippen MR) is 93.7 cm³/mol. The molecule has 0 aromatic heterocycles. The third-order valence-corrected chi connectivity index (χ3v) is 8.11. The van der Waals surface area contributed by atoms with E-state index in [1.807, 2.05) is 0 Å². The molecule has 1 N–H and O–H groups in total. The van der Waals surface area contributed by atoms with Crippen LogP contribution in [0.3, 0.4) is 0 Å². The van der Waals surface area contributed by atoms with E-state index < -0.39 is 0 Å². The molecule has 25 heavy (non-hydrogen) atoms. The number of carbonyl (C=O) groups excluding carboxylic acids is 2. The number of aliphatic hydroxyl groups excluding tert-OH is 1. The van der Waals surface area contributed by atoms with E-state index in [9.17, 15) is 14.7 Å². The first-order chi connectivity index (χ1) is 11.9. The highest BCUT2D eigenvalue weighted by Gasteiger charge is 2.60. The lowest BCUT2D eigenvalue weighted by atomic mass is 9.48. The van der Waals surface area contributed by atoms with Crippen LogP contribution in [0.2, 0.25) is 0 Å². The summed E-state index contributed by atoms with van der Waals surface area (Å²) in [5.74, 6) is 1.25. The first-order valence-corrected chi connectivity index (χ1v) is 9.92. The molecule has 4 nitrogen and oxygen atoms in total. The predicted octanol–water partition coefficient (Wildman–Crippen LogP) is 3.42. The zero-order chi connectivity index (χ0) is 17.8. The molecule has 4 heteroatoms. The summed E-state index contributed by atoms with van der Waals surface area (Å²) in [4.78, 5) is 23.8. The molecule has 0 radical (unpaired) electrons. The van der Waals surface area contributed by atoms with Crippen LogP contribution in [0.25, 0.3) is 0 Å². The van der Waals surface area contributed by atoms with E-state index in [0.29, 0.717) is 24.2 Å². The van der Waals surface area contributed by atoms with Crippen molar-refractivity contribution in [2.75, 3.05) is 0 Å². The Kier molecular flexibility index (Phi) is 4.10. The smallest absolute Gasteiger partial charge is 0.302 e. The van der Waals surface area contributed by atoms with E-state index in [2.05, 4.69) is 13.0 Å². The number of aliphatic hydroxyl groups is 1. The van der Waals surface area contributed by atoms with Crippen LogP contribution < -0.4 is 0 Å². The fourth-order valence-electron chi connectivity index (χ4n) is 6.91. The largest absolute Gasteiger partial charge is 0.462 e. The van der Waals surface area contributed by atoms with Crippen molar-refractivity contribution < 1.29 is 19.4 Å². The number of carbonyl (C=O) groups is 2. The van der Waals surface area contributed by atoms with Gasteiger partial charge < -0.3 is 14.6 Å². The van der Waals surface area contributed by atoms with Crippen LogP contribution in [0.5, 0.6) is 0 Å². The standard InChI is InChI=1S/C21H30O4/c1-13(23)25-19-6-5-17-16-4-3-14-11-15(24)7-10-21(14,12-22)18(16)8-9-20(17,19)2/h3,12,15-19,24H,4-11H2,1-2H3/t15-,16?,17?,18?,19-,20-,21+/m0/s1. The molecule has 0 spiro atoms. The average Bonchev–Trinajstić information content (AvgIpc) is 2.90. The Labute approximate surface area is 150 Å². The first-order valence-electron chi connectivity index (χ1n) is 9.92. The Bertz CT molecular complexity index is 611. The fraction of sp³-hybridized carbons (Fsp3) is 0.810. The van der Waals surface area contributed by atoms with Gasteiger partial charge in [-0.25, -0.2) is 0 Å². The highest BCUT2D eigenvalue weighted by atomic mass is 16.5. The van der Waals surface area contributed by atoms with Gasteiger partial charge >= 0.3 is 5.97 Å². The van der Waals surface area contributed by atoms with Gasteiger partial charge in [0.1, 0.15) is 12.4 Å². The van der Waals surface area contributed by atoms with Crippen molar-refractivity contribution in [1.82, 2.24) is 0 Å². The van der Waals surface area contributed by atoms with Gasteiger partial charge in [-0.3, -0.25) is 4.79 Å². The summed E-state index contributed by atoms with van der Waals surface area (Å²) in [6.07, 6.45) is 10.5. The van der Waals surface area contributed by atoms with Crippen molar-refractivity contribution in [3.8, 4) is 0 Å². The van der Waals surface area contributed by atoms with E-state index in [1.165, 1.54) is 18.8 Å². The Hall–Kier alpha value is -1.16. The van der Waals surface area contributed by atoms with Gasteiger partial charge in [0.2, 0.25) is 0 Å². The van der Waals surface area contributed by atoms with Gasteiger partial charge in [-0.1, -0.05) is 18.6 Å². The number of aldehydes is 1. The van der Waals surface area contributed by atoms with Gasteiger partial charge in [-0.05, 0) is 69.1 Å². The molecule has 3 saturated carbocycles. The number of hydrogen-bond donors (Lipinski definition) is 1. The minimum absolute atomic E-state index is 0.0293. The zero-order valence-electron chi connectivity index (χ0n) is 15.4. The van der Waals surface area contributed by atoms with Gasteiger partial charge in [0.05, 0.1) is 11.5 Å². The van der Waals surface area contributed by atoms with Crippen molar-refractivity contribution >= 4 is 12.3 Å². The maximum atomic E-state index is 12.3. The van der Waals surface area contributed by atoms with Gasteiger partial charge in [-0.2, -0.15) is 0 Å². The lowest BCUT2D eigenvalue weighted by molar-refractivity contribution is -0.157. The third kappa shape index (κ3) is 2.43. The van der Waals surface area contributed by atoms with E-state index in [0.717, 1.165) is 44.9 Å². The van der Waals surface area contributed by atoms with E-state index in [4.69, 9.17) is 4.74 Å². The molecule has 3 unspecified atom stereocenters. The van der Waals surface area contributed by atoms with Crippen molar-refractivity contribution in [2.24, 2.45) is 28.6 Å². The van der Waals surface area contributed by atoms with Crippen molar-refractivity contribution in [3.63, 3.8) is 0 Å². The zero-order valence-corrected chi connectivity index (χ0v) is 15.4. The molecule has 7 atom stereocenters. The average molecular weight is 346 g/mol. The molecule has 4 aliphatic rings. The maximum absolute atomic E-state index is 12.3. The summed E-state index contributed by atoms with van der Waals surface area (Å²) in [5.41, 5.74) is 0.903. The quantitative estimate of drug-likeness (QED) is 0.473. The maximum Gasteiger partial charge on any atom is 0.302 e. The molecule has 3 fully saturated rings. The summed E-state index contributed by atoms with van der Waals surface area (Å²) in [5, 5.41) is 10.1. The number of rotatable bonds is 2. The minimum atomic E-state index is -0.344. The molecule has 0 amide bonds. The van der Waals surface area contributed by atoms with Crippen molar-refractivity contribution in [3.05, 3.63) is 11.6 Å². The number of esters is 1. The second kappa shape index (κ2) is 5.94. The van der Waals surface area contributed by atoms with Crippen LogP contribution in [0.15, 0.2) is 11.6 Å². The van der Waals surface area contributed by atoms with E-state index >= 15 is 0 Å². The van der Waals surface area contributed by atoms with E-state index in [-0.39, 0.29) is 29.0 Å². The van der Waals surface area contributed by atoms with E-state index in [1.54, 1.807) is 0 Å². The molecule has 0 bridgehead atoms. The number of ether oxygens (including phenoxy) is 1. The summed E-state index contributed by atoms with van der Waals surface area (Å²) in [7, 11) is 0. The number of hydrogen-bond acceptors (Lipinski definition) is 4. The number of fused-ring (bicyclic) bond motifs is 5. The van der Waals surface area contributed by atoms with Gasteiger partial charge in [0, 0.05) is 12.3 Å². The molecular weight excluding hydrogens is 316 g/mol. The molecule has 4 rings (SSSR count). The van der Waals surface area contributed by atoms with Crippen molar-refractivity contribution in [1.29, 1.82) is 0 Å². The van der Waals surface area contributed by atoms with Crippen LogP contribution in [-0.4, -0.2) is 29.6 Å². The molecule has 0 aromatic carbocycles. The van der Waals surface area contributed by atoms with Gasteiger partial charge in [0.15, 0.2) is 0 Å². The monoisotopic (exact) mass is 346 g/mol. The Balaban J connectivity index is 1.65. The minimum Gasteiger partial charge on any atom is -0.462 e. The molecule has 0 heterocycles. The number of allylic oxidation sites excluding steroid dienone is 1. The van der Waals surface area contributed by atoms with Gasteiger partial charge in [-0.15, -0.1) is 0 Å². The molecule has 0 aromatic rings. The normalized spacial score (nSPS) is 48.6. The Morgan fingerprint density at radius 1 is 1.24 bits per heavy atom. The first kappa shape index (κ1) is 17.3. The Morgan fingerprint density at radius 3 is 2.76 bits per heavy atom. The SMILES string of the molecule is CC(=O)O[C@H]1CCC2C3CC=C4C[C@@H](O)CC[C@]4(C=O)C3CC[C@@]21C. The molecular formula is C21H30O4. The summed E-state index contributed by atoms with van der Waals surface area (Å²) < 4.78 is 5.68. The van der Waals surface area contributed by atoms with Crippen LogP contribution >= 0.6 is 0 Å². The summed E-state index contributed by atoms with van der Waals surface area (Å²) >= 11 is 0. The van der Waals surface area contributed by atoms with Crippen LogP contribution in [-0.2, 0) is 14.3 Å². The fourth-order valence-corrected chi connectivity index (χ4v) is 6.91.